The van der Waals surface area contributed by atoms with E-state index in [1.54, 1.807) is 7.11 Å². The van der Waals surface area contributed by atoms with Crippen molar-refractivity contribution in [1.29, 1.82) is 0 Å². The molecule has 0 aliphatic carbocycles. The van der Waals surface area contributed by atoms with Crippen molar-refractivity contribution in [2.24, 2.45) is 0 Å². The minimum Gasteiger partial charge on any atom is -0.466 e. The lowest BCUT2D eigenvalue weighted by atomic mass is 10.1. The molecule has 0 aliphatic rings. The van der Waals surface area contributed by atoms with E-state index in [-0.39, 0.29) is 5.97 Å². The van der Waals surface area contributed by atoms with E-state index in [2.05, 4.69) is 11.4 Å². The Balaban J connectivity index is 2.65. The van der Waals surface area contributed by atoms with Crippen LogP contribution in [0.4, 0.5) is 5.69 Å². The molecule has 0 heterocycles. The quantitative estimate of drug-likeness (QED) is 0.586. The number of ether oxygens (including phenoxy) is 2. The Labute approximate surface area is 120 Å². The van der Waals surface area contributed by atoms with Crippen LogP contribution in [0, 0.1) is 0 Å². The van der Waals surface area contributed by atoms with Crippen molar-refractivity contribution < 1.29 is 14.3 Å². The Morgan fingerprint density at radius 3 is 2.70 bits per heavy atom. The van der Waals surface area contributed by atoms with Crippen LogP contribution >= 0.6 is 0 Å². The molecule has 0 fully saturated rings. The van der Waals surface area contributed by atoms with Gasteiger partial charge in [-0.25, -0.2) is 4.79 Å². The summed E-state index contributed by atoms with van der Waals surface area (Å²) in [7, 11) is 3.10. The maximum absolute atomic E-state index is 11.5. The predicted molar refractivity (Wildman–Crippen MR) is 80.9 cm³/mol. The summed E-state index contributed by atoms with van der Waals surface area (Å²) in [5, 5.41) is 3.33. The molecule has 1 N–H and O–H groups in total. The van der Waals surface area contributed by atoms with Gasteiger partial charge in [-0.3, -0.25) is 0 Å². The highest BCUT2D eigenvalue weighted by Crippen LogP contribution is 2.15. The van der Waals surface area contributed by atoms with Crippen molar-refractivity contribution in [3.63, 3.8) is 0 Å². The largest absolute Gasteiger partial charge is 0.466 e. The van der Waals surface area contributed by atoms with Gasteiger partial charge in [-0.1, -0.05) is 31.2 Å². The molecule has 0 aromatic heterocycles. The van der Waals surface area contributed by atoms with Crippen LogP contribution in [-0.4, -0.2) is 33.3 Å². The van der Waals surface area contributed by atoms with Crippen LogP contribution in [0.3, 0.4) is 0 Å². The van der Waals surface area contributed by atoms with E-state index in [0.29, 0.717) is 25.1 Å². The third kappa shape index (κ3) is 5.05. The summed E-state index contributed by atoms with van der Waals surface area (Å²) in [6.07, 6.45) is 3.40. The van der Waals surface area contributed by atoms with Crippen molar-refractivity contribution in [3.05, 3.63) is 41.5 Å². The van der Waals surface area contributed by atoms with Gasteiger partial charge in [0.1, 0.15) is 0 Å². The zero-order chi connectivity index (χ0) is 14.8. The molecule has 20 heavy (non-hydrogen) atoms. The van der Waals surface area contributed by atoms with E-state index >= 15 is 0 Å². The van der Waals surface area contributed by atoms with Gasteiger partial charge in [0.15, 0.2) is 0 Å². The molecule has 1 aromatic carbocycles. The molecule has 0 amide bonds. The van der Waals surface area contributed by atoms with Crippen LogP contribution < -0.4 is 5.32 Å². The van der Waals surface area contributed by atoms with Gasteiger partial charge in [-0.15, -0.1) is 0 Å². The second kappa shape index (κ2) is 9.15. The highest BCUT2D eigenvalue weighted by atomic mass is 16.5. The molecule has 1 rings (SSSR count). The van der Waals surface area contributed by atoms with Crippen LogP contribution in [0.15, 0.2) is 35.9 Å². The molecule has 110 valence electrons. The van der Waals surface area contributed by atoms with Crippen molar-refractivity contribution in [2.45, 2.75) is 19.8 Å². The van der Waals surface area contributed by atoms with Crippen LogP contribution in [-0.2, 0) is 20.7 Å². The van der Waals surface area contributed by atoms with Gasteiger partial charge in [-0.05, 0) is 24.5 Å². The lowest BCUT2D eigenvalue weighted by Crippen LogP contribution is -2.08. The van der Waals surface area contributed by atoms with E-state index in [4.69, 9.17) is 9.47 Å². The van der Waals surface area contributed by atoms with Gasteiger partial charge >= 0.3 is 5.97 Å². The highest BCUT2D eigenvalue weighted by Gasteiger charge is 2.06. The number of carbonyl (C=O) groups excluding carboxylic acids is 1. The fraction of sp³-hybridized carbons (Fsp3) is 0.438. The normalized spacial score (nSPS) is 11.2. The lowest BCUT2D eigenvalue weighted by Gasteiger charge is -2.11. The fourth-order valence-corrected chi connectivity index (χ4v) is 1.91. The number of nitrogens with one attached hydrogen (secondary N) is 1. The van der Waals surface area contributed by atoms with Crippen molar-refractivity contribution >= 4 is 11.7 Å². The van der Waals surface area contributed by atoms with Crippen LogP contribution in [0.2, 0.25) is 0 Å². The predicted octanol–water partition coefficient (Wildman–Crippen LogP) is 2.80. The first-order chi connectivity index (χ1) is 9.72. The number of hydrogen-bond donors (Lipinski definition) is 1. The molecule has 0 saturated carbocycles. The van der Waals surface area contributed by atoms with E-state index < -0.39 is 0 Å². The van der Waals surface area contributed by atoms with Crippen molar-refractivity contribution in [1.82, 2.24) is 0 Å². The summed E-state index contributed by atoms with van der Waals surface area (Å²) in [6, 6.07) is 8.11. The number of esters is 1. The molecule has 1 aromatic rings. The summed E-state index contributed by atoms with van der Waals surface area (Å²) < 4.78 is 9.84. The smallest absolute Gasteiger partial charge is 0.333 e. The topological polar surface area (TPSA) is 47.6 Å². The fourth-order valence-electron chi connectivity index (χ4n) is 1.91. The summed E-state index contributed by atoms with van der Waals surface area (Å²) in [5.41, 5.74) is 2.97. The first kappa shape index (κ1) is 16.2. The molecule has 0 aliphatic heterocycles. The second-order valence-electron chi connectivity index (χ2n) is 4.36. The van der Waals surface area contributed by atoms with Gasteiger partial charge < -0.3 is 14.8 Å². The average Bonchev–Trinajstić information content (AvgIpc) is 2.49. The number of methoxy groups -OCH3 is 2. The van der Waals surface area contributed by atoms with E-state index in [1.807, 2.05) is 31.2 Å². The van der Waals surface area contributed by atoms with E-state index in [9.17, 15) is 4.79 Å². The molecule has 0 bridgehead atoms. The second-order valence-corrected chi connectivity index (χ2v) is 4.36. The molecule has 0 saturated heterocycles. The third-order valence-corrected chi connectivity index (χ3v) is 3.06. The van der Waals surface area contributed by atoms with Crippen molar-refractivity contribution in [2.75, 3.05) is 32.7 Å². The van der Waals surface area contributed by atoms with Crippen molar-refractivity contribution in [3.8, 4) is 0 Å². The molecular formula is C16H23NO3. The number of carbonyl (C=O) groups is 1. The number of rotatable bonds is 8. The van der Waals surface area contributed by atoms with Gasteiger partial charge in [0.25, 0.3) is 0 Å². The molecule has 4 heteroatoms. The average molecular weight is 277 g/mol. The Morgan fingerprint density at radius 2 is 2.05 bits per heavy atom. The molecule has 0 atom stereocenters. The monoisotopic (exact) mass is 277 g/mol. The SMILES string of the molecule is CC/C(=C/CNc1ccccc1CCOC)C(=O)OC. The summed E-state index contributed by atoms with van der Waals surface area (Å²) >= 11 is 0. The minimum absolute atomic E-state index is 0.262. The molecule has 0 unspecified atom stereocenters. The number of anilines is 1. The first-order valence-corrected chi connectivity index (χ1v) is 6.81. The van der Waals surface area contributed by atoms with Crippen LogP contribution in [0.25, 0.3) is 0 Å². The Bertz CT molecular complexity index is 455. The zero-order valence-electron chi connectivity index (χ0n) is 12.4. The molecule has 4 nitrogen and oxygen atoms in total. The van der Waals surface area contributed by atoms with E-state index in [0.717, 1.165) is 12.1 Å². The molecule has 0 radical (unpaired) electrons. The third-order valence-electron chi connectivity index (χ3n) is 3.06. The Hall–Kier alpha value is -1.81. The standard InChI is InChI=1S/C16H23NO3/c1-4-13(16(18)20-3)9-11-17-15-8-6-5-7-14(15)10-12-19-2/h5-9,17H,4,10-12H2,1-3H3/b13-9-. The first-order valence-electron chi connectivity index (χ1n) is 6.81. The van der Waals surface area contributed by atoms with Gasteiger partial charge in [0.05, 0.1) is 13.7 Å². The van der Waals surface area contributed by atoms with Gasteiger partial charge in [0.2, 0.25) is 0 Å². The lowest BCUT2D eigenvalue weighted by molar-refractivity contribution is -0.136. The Morgan fingerprint density at radius 1 is 1.30 bits per heavy atom. The summed E-state index contributed by atoms with van der Waals surface area (Å²) in [5.74, 6) is -0.262. The number of hydrogen-bond acceptors (Lipinski definition) is 4. The maximum Gasteiger partial charge on any atom is 0.333 e. The molecule has 0 spiro atoms. The number of para-hydroxylation sites is 1. The summed E-state index contributed by atoms with van der Waals surface area (Å²) in [4.78, 5) is 11.5. The minimum atomic E-state index is -0.262. The van der Waals surface area contributed by atoms with Gasteiger partial charge in [0, 0.05) is 24.9 Å². The van der Waals surface area contributed by atoms with Gasteiger partial charge in [-0.2, -0.15) is 0 Å². The maximum atomic E-state index is 11.5. The van der Waals surface area contributed by atoms with Crippen LogP contribution in [0.1, 0.15) is 18.9 Å². The molecular weight excluding hydrogens is 254 g/mol. The zero-order valence-corrected chi connectivity index (χ0v) is 12.4. The Kier molecular flexibility index (Phi) is 7.43. The number of benzene rings is 1. The van der Waals surface area contributed by atoms with E-state index in [1.165, 1.54) is 12.7 Å². The van der Waals surface area contributed by atoms with Crippen LogP contribution in [0.5, 0.6) is 0 Å². The highest BCUT2D eigenvalue weighted by molar-refractivity contribution is 5.88. The summed E-state index contributed by atoms with van der Waals surface area (Å²) in [6.45, 7) is 3.23.